The molecule has 10 heteroatoms. The number of morpholine rings is 1. The number of hydrogen-bond donors (Lipinski definition) is 1. The van der Waals surface area contributed by atoms with Gasteiger partial charge in [-0.25, -0.2) is 14.8 Å². The lowest BCUT2D eigenvalue weighted by Crippen LogP contribution is -2.36. The van der Waals surface area contributed by atoms with E-state index in [-0.39, 0.29) is 5.78 Å². The summed E-state index contributed by atoms with van der Waals surface area (Å²) in [7, 11) is 0. The van der Waals surface area contributed by atoms with E-state index in [2.05, 4.69) is 32.0 Å². The molecule has 2 aromatic carbocycles. The molecular formula is C27H21ClN4O4S. The van der Waals surface area contributed by atoms with E-state index in [0.29, 0.717) is 63.4 Å². The number of carbonyl (C=O) groups excluding carboxylic acids is 2. The highest BCUT2D eigenvalue weighted by molar-refractivity contribution is 7.12. The minimum Gasteiger partial charge on any atom is -0.417 e. The second-order valence-corrected chi connectivity index (χ2v) is 9.46. The second-order valence-electron chi connectivity index (χ2n) is 8.11. The molecule has 186 valence electrons. The summed E-state index contributed by atoms with van der Waals surface area (Å²) in [5, 5.41) is 6.03. The molecule has 0 atom stereocenters. The molecule has 0 aliphatic carbocycles. The average Bonchev–Trinajstić information content (AvgIpc) is 3.45. The first-order valence-corrected chi connectivity index (χ1v) is 12.7. The van der Waals surface area contributed by atoms with Gasteiger partial charge in [0.15, 0.2) is 0 Å². The number of ether oxygens (including phenoxy) is 2. The van der Waals surface area contributed by atoms with Crippen molar-refractivity contribution in [3.8, 4) is 17.6 Å². The fraction of sp³-hybridized carbons (Fsp3) is 0.185. The van der Waals surface area contributed by atoms with Gasteiger partial charge in [-0.1, -0.05) is 23.6 Å². The molecule has 0 bridgehead atoms. The van der Waals surface area contributed by atoms with Gasteiger partial charge in [0.25, 0.3) is 0 Å². The summed E-state index contributed by atoms with van der Waals surface area (Å²) in [5.41, 5.74) is 1.72. The first-order valence-electron chi connectivity index (χ1n) is 11.5. The Morgan fingerprint density at radius 1 is 1.14 bits per heavy atom. The molecule has 1 aliphatic rings. The molecule has 0 spiro atoms. The molecule has 0 unspecified atom stereocenters. The monoisotopic (exact) mass is 532 g/mol. The summed E-state index contributed by atoms with van der Waals surface area (Å²) in [5.74, 6) is 5.44. The fourth-order valence-corrected chi connectivity index (χ4v) is 4.71. The summed E-state index contributed by atoms with van der Waals surface area (Å²) in [6, 6.07) is 13.8. The lowest BCUT2D eigenvalue weighted by molar-refractivity contribution is -0.128. The number of esters is 1. The van der Waals surface area contributed by atoms with Crippen LogP contribution >= 0.6 is 22.9 Å². The maximum atomic E-state index is 12.7. The predicted octanol–water partition coefficient (Wildman–Crippen LogP) is 4.56. The fourth-order valence-electron chi connectivity index (χ4n) is 3.77. The molecule has 2 aromatic heterocycles. The van der Waals surface area contributed by atoms with E-state index in [9.17, 15) is 9.59 Å². The van der Waals surface area contributed by atoms with Gasteiger partial charge in [-0.2, -0.15) is 0 Å². The number of nitrogens with zero attached hydrogens (tertiary/aromatic N) is 3. The number of benzene rings is 2. The van der Waals surface area contributed by atoms with Crippen molar-refractivity contribution in [2.75, 3.05) is 38.2 Å². The van der Waals surface area contributed by atoms with Crippen molar-refractivity contribution >= 4 is 57.1 Å². The van der Waals surface area contributed by atoms with Crippen molar-refractivity contribution in [3.05, 3.63) is 75.7 Å². The van der Waals surface area contributed by atoms with Crippen LogP contribution in [0.2, 0.25) is 5.02 Å². The van der Waals surface area contributed by atoms with Gasteiger partial charge in [0.1, 0.15) is 17.9 Å². The number of aromatic nitrogens is 2. The van der Waals surface area contributed by atoms with Gasteiger partial charge in [-0.05, 0) is 47.8 Å². The van der Waals surface area contributed by atoms with E-state index in [4.69, 9.17) is 21.1 Å². The molecular weight excluding hydrogens is 512 g/mol. The lowest BCUT2D eigenvalue weighted by atomic mass is 10.1. The van der Waals surface area contributed by atoms with Crippen LogP contribution in [0.4, 0.5) is 11.5 Å². The van der Waals surface area contributed by atoms with Gasteiger partial charge in [0.2, 0.25) is 5.78 Å². The zero-order valence-electron chi connectivity index (χ0n) is 19.6. The maximum absolute atomic E-state index is 12.7. The van der Waals surface area contributed by atoms with Crippen LogP contribution in [0.5, 0.6) is 5.75 Å². The topological polar surface area (TPSA) is 93.7 Å². The first-order chi connectivity index (χ1) is 18.1. The molecule has 37 heavy (non-hydrogen) atoms. The molecule has 0 amide bonds. The number of halogens is 1. The number of rotatable bonds is 6. The summed E-state index contributed by atoms with van der Waals surface area (Å²) in [6.45, 7) is 3.42. The third-order valence-electron chi connectivity index (χ3n) is 5.64. The van der Waals surface area contributed by atoms with E-state index < -0.39 is 5.97 Å². The van der Waals surface area contributed by atoms with Crippen molar-refractivity contribution in [2.45, 2.75) is 0 Å². The maximum Gasteiger partial charge on any atom is 0.389 e. The van der Waals surface area contributed by atoms with Gasteiger partial charge in [0, 0.05) is 35.6 Å². The van der Waals surface area contributed by atoms with Crippen molar-refractivity contribution in [2.24, 2.45) is 0 Å². The van der Waals surface area contributed by atoms with Crippen LogP contribution in [0, 0.1) is 11.8 Å². The van der Waals surface area contributed by atoms with Crippen LogP contribution in [0.15, 0.2) is 60.2 Å². The van der Waals surface area contributed by atoms with E-state index in [0.717, 1.165) is 13.1 Å². The average molecular weight is 533 g/mol. The SMILES string of the molecule is O=C(C#CCN1CCOCC1)Oc1ccc2ncnc(Nc3ccc(C(=O)c4cccs4)c(Cl)c3)c2c1. The highest BCUT2D eigenvalue weighted by atomic mass is 35.5. The quantitative estimate of drug-likeness (QED) is 0.127. The molecule has 0 radical (unpaired) electrons. The van der Waals surface area contributed by atoms with Gasteiger partial charge in [-0.3, -0.25) is 9.69 Å². The third-order valence-corrected chi connectivity index (χ3v) is 6.82. The van der Waals surface area contributed by atoms with Crippen molar-refractivity contribution < 1.29 is 19.1 Å². The summed E-state index contributed by atoms with van der Waals surface area (Å²) < 4.78 is 10.7. The Hall–Kier alpha value is -3.81. The number of hydrogen-bond acceptors (Lipinski definition) is 9. The van der Waals surface area contributed by atoms with E-state index in [1.807, 2.05) is 11.4 Å². The number of thiophene rings is 1. The van der Waals surface area contributed by atoms with Crippen LogP contribution in [0.3, 0.4) is 0 Å². The molecule has 1 N–H and O–H groups in total. The minimum absolute atomic E-state index is 0.126. The number of ketones is 1. The predicted molar refractivity (Wildman–Crippen MR) is 143 cm³/mol. The lowest BCUT2D eigenvalue weighted by Gasteiger charge is -2.24. The summed E-state index contributed by atoms with van der Waals surface area (Å²) in [4.78, 5) is 36.3. The van der Waals surface area contributed by atoms with Gasteiger partial charge in [-0.15, -0.1) is 11.3 Å². The van der Waals surface area contributed by atoms with E-state index in [1.54, 1.807) is 42.5 Å². The summed E-state index contributed by atoms with van der Waals surface area (Å²) >= 11 is 7.80. The first kappa shape index (κ1) is 24.9. The van der Waals surface area contributed by atoms with Gasteiger partial charge in [0.05, 0.1) is 35.2 Å². The minimum atomic E-state index is -0.642. The molecule has 1 fully saturated rings. The molecule has 5 rings (SSSR count). The molecule has 1 aliphatic heterocycles. The normalized spacial score (nSPS) is 13.5. The van der Waals surface area contributed by atoms with Gasteiger partial charge >= 0.3 is 5.97 Å². The van der Waals surface area contributed by atoms with Crippen molar-refractivity contribution in [3.63, 3.8) is 0 Å². The molecule has 1 saturated heterocycles. The molecule has 4 aromatic rings. The summed E-state index contributed by atoms with van der Waals surface area (Å²) in [6.07, 6.45) is 1.43. The number of carbonyl (C=O) groups is 2. The Kier molecular flexibility index (Phi) is 7.73. The zero-order valence-corrected chi connectivity index (χ0v) is 21.1. The largest absolute Gasteiger partial charge is 0.417 e. The Morgan fingerprint density at radius 3 is 2.78 bits per heavy atom. The van der Waals surface area contributed by atoms with E-state index >= 15 is 0 Å². The highest BCUT2D eigenvalue weighted by Crippen LogP contribution is 2.30. The standard InChI is InChI=1S/C27H21ClN4O4S/c28-22-15-18(5-7-20(22)26(34)24-3-2-14-37-24)31-27-21-16-19(6-8-23(21)29-17-30-27)36-25(33)4-1-9-32-10-12-35-13-11-32/h2-3,5-8,14-17H,9-13H2,(H,29,30,31). The number of nitrogens with one attached hydrogen (secondary N) is 1. The Morgan fingerprint density at radius 2 is 2.00 bits per heavy atom. The molecule has 0 saturated carbocycles. The van der Waals surface area contributed by atoms with Crippen LogP contribution in [0.25, 0.3) is 10.9 Å². The van der Waals surface area contributed by atoms with Crippen molar-refractivity contribution in [1.82, 2.24) is 14.9 Å². The highest BCUT2D eigenvalue weighted by Gasteiger charge is 2.15. The Bertz CT molecular complexity index is 1510. The smallest absolute Gasteiger partial charge is 0.389 e. The van der Waals surface area contributed by atoms with Crippen LogP contribution < -0.4 is 10.1 Å². The Balaban J connectivity index is 1.30. The Labute approximate surface area is 222 Å². The molecule has 3 heterocycles. The van der Waals surface area contributed by atoms with Crippen molar-refractivity contribution in [1.29, 1.82) is 0 Å². The number of anilines is 2. The van der Waals surface area contributed by atoms with Crippen LogP contribution in [0.1, 0.15) is 15.2 Å². The number of fused-ring (bicyclic) bond motifs is 1. The van der Waals surface area contributed by atoms with E-state index in [1.165, 1.54) is 17.7 Å². The van der Waals surface area contributed by atoms with Crippen LogP contribution in [-0.4, -0.2) is 59.5 Å². The zero-order chi connectivity index (χ0) is 25.6. The second kappa shape index (κ2) is 11.5. The van der Waals surface area contributed by atoms with Gasteiger partial charge < -0.3 is 14.8 Å². The van der Waals surface area contributed by atoms with Crippen LogP contribution in [-0.2, 0) is 9.53 Å². The third kappa shape index (κ3) is 6.13. The molecule has 8 nitrogen and oxygen atoms in total.